The minimum Gasteiger partial charge on any atom is -0.495 e. The van der Waals surface area contributed by atoms with Crippen LogP contribution in [0, 0.1) is 0 Å². The number of ether oxygens (including phenoxy) is 1. The van der Waals surface area contributed by atoms with Crippen LogP contribution in [-0.4, -0.2) is 39.8 Å². The Kier molecular flexibility index (Phi) is 5.97. The van der Waals surface area contributed by atoms with Crippen LogP contribution in [0.3, 0.4) is 0 Å². The average Bonchev–Trinajstić information content (AvgIpc) is 2.84. The molecule has 0 spiro atoms. The second-order valence-corrected chi connectivity index (χ2v) is 6.62. The van der Waals surface area contributed by atoms with E-state index >= 15 is 0 Å². The Hall–Kier alpha value is -1.64. The van der Waals surface area contributed by atoms with Crippen LogP contribution in [0.2, 0.25) is 5.02 Å². The van der Waals surface area contributed by atoms with E-state index in [0.29, 0.717) is 16.5 Å². The van der Waals surface area contributed by atoms with Crippen molar-refractivity contribution in [1.82, 2.24) is 4.90 Å². The molecule has 1 heterocycles. The van der Waals surface area contributed by atoms with E-state index in [1.807, 2.05) is 0 Å². The van der Waals surface area contributed by atoms with Crippen molar-refractivity contribution in [1.29, 1.82) is 0 Å². The summed E-state index contributed by atoms with van der Waals surface area (Å²) < 4.78 is 5.22. The van der Waals surface area contributed by atoms with Crippen LogP contribution in [0.1, 0.15) is 12.8 Å². The molecule has 0 atom stereocenters. The molecule has 0 bridgehead atoms. The number of nitrogens with zero attached hydrogens (tertiary/aromatic N) is 1. The summed E-state index contributed by atoms with van der Waals surface area (Å²) in [5.74, 6) is -0.572. The second-order valence-electron chi connectivity index (χ2n) is 4.57. The van der Waals surface area contributed by atoms with Gasteiger partial charge in [0.15, 0.2) is 0 Å². The first-order valence-electron chi connectivity index (χ1n) is 6.58. The summed E-state index contributed by atoms with van der Waals surface area (Å²) in [6, 6.07) is 4.84. The van der Waals surface area contributed by atoms with Gasteiger partial charge >= 0.3 is 0 Å². The molecule has 23 heavy (non-hydrogen) atoms. The topological polar surface area (TPSA) is 75.7 Å². The molecule has 0 aliphatic carbocycles. The summed E-state index contributed by atoms with van der Waals surface area (Å²) >= 11 is 11.9. The molecule has 1 saturated heterocycles. The van der Waals surface area contributed by atoms with Crippen LogP contribution in [0.5, 0.6) is 5.75 Å². The fourth-order valence-corrected chi connectivity index (χ4v) is 3.15. The highest BCUT2D eigenvalue weighted by Crippen LogP contribution is 2.28. The van der Waals surface area contributed by atoms with Gasteiger partial charge in [-0.15, -0.1) is 0 Å². The maximum absolute atomic E-state index is 12.0. The molecule has 0 aromatic heterocycles. The number of thioether (sulfide) groups is 1. The number of likely N-dealkylation sites (tertiary alicyclic amines) is 1. The molecule has 122 valence electrons. The van der Waals surface area contributed by atoms with Crippen molar-refractivity contribution in [3.63, 3.8) is 0 Å². The van der Waals surface area contributed by atoms with E-state index in [9.17, 15) is 14.4 Å². The van der Waals surface area contributed by atoms with Gasteiger partial charge in [-0.05, 0) is 18.2 Å². The highest BCUT2D eigenvalue weighted by molar-refractivity contribution is 8.23. The number of imide groups is 1. The summed E-state index contributed by atoms with van der Waals surface area (Å²) in [6.45, 7) is 0. The van der Waals surface area contributed by atoms with E-state index in [1.54, 1.807) is 18.2 Å². The highest BCUT2D eigenvalue weighted by Gasteiger charge is 2.32. The second kappa shape index (κ2) is 7.76. The molecule has 6 nitrogen and oxygen atoms in total. The van der Waals surface area contributed by atoms with Gasteiger partial charge in [0.2, 0.25) is 17.7 Å². The third-order valence-electron chi connectivity index (χ3n) is 3.00. The molecule has 0 radical (unpaired) electrons. The Morgan fingerprint density at radius 1 is 1.39 bits per heavy atom. The van der Waals surface area contributed by atoms with Gasteiger partial charge in [0.1, 0.15) is 10.1 Å². The summed E-state index contributed by atoms with van der Waals surface area (Å²) in [5, 5.41) is 3.11. The lowest BCUT2D eigenvalue weighted by atomic mass is 10.3. The van der Waals surface area contributed by atoms with Gasteiger partial charge in [-0.3, -0.25) is 14.4 Å². The Bertz CT molecular complexity index is 665. The molecular formula is C14H13ClN2O4S2. The molecular weight excluding hydrogens is 360 g/mol. The van der Waals surface area contributed by atoms with E-state index in [0.717, 1.165) is 16.7 Å². The Morgan fingerprint density at radius 3 is 2.65 bits per heavy atom. The Morgan fingerprint density at radius 2 is 2.04 bits per heavy atom. The lowest BCUT2D eigenvalue weighted by Gasteiger charge is -2.14. The number of methoxy groups -OCH3 is 1. The van der Waals surface area contributed by atoms with Gasteiger partial charge in [-0.25, -0.2) is 4.90 Å². The minimum atomic E-state index is -0.350. The molecule has 1 aromatic rings. The highest BCUT2D eigenvalue weighted by atomic mass is 35.5. The lowest BCUT2D eigenvalue weighted by molar-refractivity contribution is -0.133. The molecule has 0 unspecified atom stereocenters. The largest absolute Gasteiger partial charge is 0.495 e. The smallest absolute Gasteiger partial charge is 0.235 e. The normalized spacial score (nSPS) is 14.1. The standard InChI is InChI=1S/C14H13ClN2O4S2/c1-21-10-3-2-8(15)6-9(10)16-11(18)7-23-14(22)17-12(19)4-5-13(17)20/h2-3,6H,4-5,7H2,1H3,(H,16,18). The molecule has 1 aliphatic heterocycles. The molecule has 1 N–H and O–H groups in total. The summed E-state index contributed by atoms with van der Waals surface area (Å²) in [4.78, 5) is 36.1. The first kappa shape index (κ1) is 17.7. The van der Waals surface area contributed by atoms with Crippen molar-refractivity contribution >= 4 is 63.3 Å². The summed E-state index contributed by atoms with van der Waals surface area (Å²) in [5.41, 5.74) is 0.435. The summed E-state index contributed by atoms with van der Waals surface area (Å²) in [7, 11) is 1.48. The van der Waals surface area contributed by atoms with Gasteiger partial charge in [-0.1, -0.05) is 35.6 Å². The number of thiocarbonyl (C=S) groups is 1. The number of anilines is 1. The van der Waals surface area contributed by atoms with Crippen LogP contribution >= 0.6 is 35.6 Å². The van der Waals surface area contributed by atoms with Crippen molar-refractivity contribution in [3.05, 3.63) is 23.2 Å². The molecule has 1 aliphatic rings. The SMILES string of the molecule is COc1ccc(Cl)cc1NC(=O)CSC(=S)N1C(=O)CCC1=O. The molecule has 1 aromatic carbocycles. The fraction of sp³-hybridized carbons (Fsp3) is 0.286. The third-order valence-corrected chi connectivity index (χ3v) is 4.60. The number of carbonyl (C=O) groups excluding carboxylic acids is 3. The first-order valence-corrected chi connectivity index (χ1v) is 8.35. The third kappa shape index (κ3) is 4.43. The van der Waals surface area contributed by atoms with Gasteiger partial charge in [0, 0.05) is 17.9 Å². The minimum absolute atomic E-state index is 0.0361. The molecule has 2 rings (SSSR count). The van der Waals surface area contributed by atoms with Crippen molar-refractivity contribution < 1.29 is 19.1 Å². The van der Waals surface area contributed by atoms with Crippen molar-refractivity contribution in [2.24, 2.45) is 0 Å². The Balaban J connectivity index is 1.93. The predicted octanol–water partition coefficient (Wildman–Crippen LogP) is 2.45. The van der Waals surface area contributed by atoms with E-state index in [2.05, 4.69) is 5.32 Å². The fourth-order valence-electron chi connectivity index (χ4n) is 1.94. The van der Waals surface area contributed by atoms with Crippen LogP contribution in [0.25, 0.3) is 0 Å². The molecule has 0 saturated carbocycles. The van der Waals surface area contributed by atoms with Crippen LogP contribution in [-0.2, 0) is 14.4 Å². The monoisotopic (exact) mass is 372 g/mol. The van der Waals surface area contributed by atoms with Crippen molar-refractivity contribution in [3.8, 4) is 5.75 Å². The van der Waals surface area contributed by atoms with Gasteiger partial charge in [0.25, 0.3) is 0 Å². The zero-order valence-electron chi connectivity index (χ0n) is 12.1. The van der Waals surface area contributed by atoms with Gasteiger partial charge in [0.05, 0.1) is 18.6 Å². The number of amides is 3. The quantitative estimate of drug-likeness (QED) is 0.646. The maximum Gasteiger partial charge on any atom is 0.235 e. The van der Waals surface area contributed by atoms with E-state index < -0.39 is 0 Å². The van der Waals surface area contributed by atoms with Crippen molar-refractivity contribution in [2.45, 2.75) is 12.8 Å². The zero-order chi connectivity index (χ0) is 17.0. The number of rotatable bonds is 4. The molecule has 1 fully saturated rings. The van der Waals surface area contributed by atoms with Gasteiger partial charge < -0.3 is 10.1 Å². The number of nitrogens with one attached hydrogen (secondary N) is 1. The van der Waals surface area contributed by atoms with E-state index in [-0.39, 0.29) is 40.6 Å². The van der Waals surface area contributed by atoms with Crippen molar-refractivity contribution in [2.75, 3.05) is 18.2 Å². The van der Waals surface area contributed by atoms with E-state index in [1.165, 1.54) is 7.11 Å². The van der Waals surface area contributed by atoms with Gasteiger partial charge in [-0.2, -0.15) is 0 Å². The lowest BCUT2D eigenvalue weighted by Crippen LogP contribution is -2.33. The number of hydrogen-bond donors (Lipinski definition) is 1. The number of halogens is 1. The number of hydrogen-bond acceptors (Lipinski definition) is 6. The number of carbonyl (C=O) groups is 3. The van der Waals surface area contributed by atoms with Crippen LogP contribution in [0.4, 0.5) is 5.69 Å². The first-order chi connectivity index (χ1) is 10.9. The van der Waals surface area contributed by atoms with Crippen LogP contribution < -0.4 is 10.1 Å². The molecule has 9 heteroatoms. The maximum atomic E-state index is 12.0. The summed E-state index contributed by atoms with van der Waals surface area (Å²) in [6.07, 6.45) is 0.316. The van der Waals surface area contributed by atoms with E-state index in [4.69, 9.17) is 28.6 Å². The predicted molar refractivity (Wildman–Crippen MR) is 92.8 cm³/mol. The molecule has 3 amide bonds. The Labute approximate surface area is 147 Å². The zero-order valence-corrected chi connectivity index (χ0v) is 14.5. The number of benzene rings is 1. The average molecular weight is 373 g/mol. The van der Waals surface area contributed by atoms with Crippen LogP contribution in [0.15, 0.2) is 18.2 Å².